The van der Waals surface area contributed by atoms with Gasteiger partial charge >= 0.3 is 0 Å². The zero-order chi connectivity index (χ0) is 19.7. The zero-order valence-electron chi connectivity index (χ0n) is 14.5. The molecular weight excluding hydrogens is 399 g/mol. The Kier molecular flexibility index (Phi) is 5.51. The molecule has 1 aromatic heterocycles. The number of aromatic nitrogens is 2. The fourth-order valence-corrected chi connectivity index (χ4v) is 5.68. The molecular formula is C15H19FN4O5S2. The van der Waals surface area contributed by atoms with E-state index in [-0.39, 0.29) is 41.8 Å². The Morgan fingerprint density at radius 2 is 1.74 bits per heavy atom. The summed E-state index contributed by atoms with van der Waals surface area (Å²) in [5.41, 5.74) is 0. The highest BCUT2D eigenvalue weighted by Gasteiger charge is 2.32. The summed E-state index contributed by atoms with van der Waals surface area (Å²) in [6.45, 7) is 0.248. The molecule has 1 aliphatic heterocycles. The van der Waals surface area contributed by atoms with Crippen LogP contribution in [-0.2, 0) is 20.0 Å². The highest BCUT2D eigenvalue weighted by molar-refractivity contribution is 7.89. The average molecular weight is 418 g/mol. The van der Waals surface area contributed by atoms with Crippen LogP contribution in [0.2, 0.25) is 0 Å². The van der Waals surface area contributed by atoms with Crippen LogP contribution < -0.4 is 4.74 Å². The van der Waals surface area contributed by atoms with E-state index in [1.165, 1.54) is 36.1 Å². The first-order valence-electron chi connectivity index (χ1n) is 8.09. The summed E-state index contributed by atoms with van der Waals surface area (Å²) < 4.78 is 71.8. The van der Waals surface area contributed by atoms with Gasteiger partial charge in [0.25, 0.3) is 10.0 Å². The maximum absolute atomic E-state index is 13.9. The zero-order valence-corrected chi connectivity index (χ0v) is 16.1. The number of ether oxygens (including phenoxy) is 1. The van der Waals surface area contributed by atoms with Crippen molar-refractivity contribution in [2.45, 2.75) is 16.3 Å². The predicted octanol–water partition coefficient (Wildman–Crippen LogP) is 0.643. The Labute approximate surface area is 156 Å². The van der Waals surface area contributed by atoms with Gasteiger partial charge in [0.2, 0.25) is 10.0 Å². The first-order chi connectivity index (χ1) is 12.8. The molecule has 1 aromatic carbocycles. The lowest BCUT2D eigenvalue weighted by Crippen LogP contribution is -2.37. The lowest BCUT2D eigenvalue weighted by Gasteiger charge is -2.21. The van der Waals surface area contributed by atoms with Crippen LogP contribution in [0.5, 0.6) is 5.75 Å². The van der Waals surface area contributed by atoms with Crippen LogP contribution in [0.15, 0.2) is 40.6 Å². The number of hydrogen-bond acceptors (Lipinski definition) is 6. The van der Waals surface area contributed by atoms with Gasteiger partial charge in [0, 0.05) is 26.2 Å². The summed E-state index contributed by atoms with van der Waals surface area (Å²) in [6.07, 6.45) is 2.78. The molecule has 12 heteroatoms. The molecule has 27 heavy (non-hydrogen) atoms. The molecule has 0 radical (unpaired) electrons. The van der Waals surface area contributed by atoms with E-state index in [4.69, 9.17) is 4.74 Å². The number of aromatic amines is 1. The van der Waals surface area contributed by atoms with Crippen LogP contribution >= 0.6 is 0 Å². The van der Waals surface area contributed by atoms with Crippen LogP contribution in [0.25, 0.3) is 0 Å². The SMILES string of the molecule is COc1ccc(S(=O)(=O)N2CCCN(S(=O)(=O)c3cnc[nH]3)CC2)cc1F. The van der Waals surface area contributed by atoms with Crippen molar-refractivity contribution in [2.24, 2.45) is 0 Å². The van der Waals surface area contributed by atoms with E-state index in [2.05, 4.69) is 9.97 Å². The number of benzene rings is 1. The summed E-state index contributed by atoms with van der Waals surface area (Å²) in [7, 11) is -6.45. The molecule has 1 aliphatic rings. The molecule has 0 aliphatic carbocycles. The minimum absolute atomic E-state index is 0.0147. The summed E-state index contributed by atoms with van der Waals surface area (Å²) >= 11 is 0. The number of halogens is 1. The van der Waals surface area contributed by atoms with E-state index >= 15 is 0 Å². The number of nitrogens with zero attached hydrogens (tertiary/aromatic N) is 3. The van der Waals surface area contributed by atoms with Crippen molar-refractivity contribution in [3.05, 3.63) is 36.5 Å². The van der Waals surface area contributed by atoms with Crippen molar-refractivity contribution in [3.8, 4) is 5.75 Å². The second-order valence-corrected chi connectivity index (χ2v) is 9.72. The van der Waals surface area contributed by atoms with Crippen molar-refractivity contribution in [1.82, 2.24) is 18.6 Å². The Hall–Kier alpha value is -2.02. The van der Waals surface area contributed by atoms with Gasteiger partial charge in [-0.1, -0.05) is 0 Å². The summed E-state index contributed by atoms with van der Waals surface area (Å²) in [5.74, 6) is -0.835. The Bertz CT molecular complexity index is 1010. The van der Waals surface area contributed by atoms with E-state index < -0.39 is 25.9 Å². The normalized spacial score (nSPS) is 17.6. The van der Waals surface area contributed by atoms with E-state index in [1.54, 1.807) is 0 Å². The third-order valence-electron chi connectivity index (χ3n) is 4.27. The third-order valence-corrected chi connectivity index (χ3v) is 7.98. The largest absolute Gasteiger partial charge is 0.494 e. The van der Waals surface area contributed by atoms with Gasteiger partial charge in [0.1, 0.15) is 0 Å². The number of H-pyrrole nitrogens is 1. The minimum Gasteiger partial charge on any atom is -0.494 e. The molecule has 148 valence electrons. The van der Waals surface area contributed by atoms with Gasteiger partial charge < -0.3 is 9.72 Å². The summed E-state index contributed by atoms with van der Waals surface area (Å²) in [6, 6.07) is 3.41. The van der Waals surface area contributed by atoms with Crippen LogP contribution in [-0.4, -0.2) is 68.7 Å². The molecule has 0 saturated carbocycles. The molecule has 9 nitrogen and oxygen atoms in total. The minimum atomic E-state index is -3.96. The monoisotopic (exact) mass is 418 g/mol. The van der Waals surface area contributed by atoms with E-state index in [1.807, 2.05) is 0 Å². The van der Waals surface area contributed by atoms with Gasteiger partial charge in [-0.05, 0) is 24.6 Å². The Balaban J connectivity index is 1.80. The van der Waals surface area contributed by atoms with Crippen LogP contribution in [0.4, 0.5) is 4.39 Å². The van der Waals surface area contributed by atoms with Crippen molar-refractivity contribution >= 4 is 20.0 Å². The number of sulfonamides is 2. The van der Waals surface area contributed by atoms with Gasteiger partial charge in [0.15, 0.2) is 16.6 Å². The van der Waals surface area contributed by atoms with E-state index in [0.717, 1.165) is 10.4 Å². The van der Waals surface area contributed by atoms with Gasteiger partial charge in [-0.25, -0.2) is 26.2 Å². The van der Waals surface area contributed by atoms with Gasteiger partial charge in [-0.2, -0.15) is 8.61 Å². The standard InChI is InChI=1S/C15H19FN4O5S2/c1-25-14-4-3-12(9-13(14)16)26(21,22)19-5-2-6-20(8-7-19)27(23,24)15-10-17-11-18-15/h3-4,9-11H,2,5-8H2,1H3,(H,17,18). The maximum Gasteiger partial charge on any atom is 0.260 e. The van der Waals surface area contributed by atoms with Crippen molar-refractivity contribution in [2.75, 3.05) is 33.3 Å². The molecule has 2 heterocycles. The highest BCUT2D eigenvalue weighted by Crippen LogP contribution is 2.24. The van der Waals surface area contributed by atoms with Crippen molar-refractivity contribution in [3.63, 3.8) is 0 Å². The molecule has 0 atom stereocenters. The fraction of sp³-hybridized carbons (Fsp3) is 0.400. The van der Waals surface area contributed by atoms with Crippen LogP contribution in [0.3, 0.4) is 0 Å². The second-order valence-electron chi connectivity index (χ2n) is 5.87. The topological polar surface area (TPSA) is 113 Å². The fourth-order valence-electron chi connectivity index (χ4n) is 2.83. The third kappa shape index (κ3) is 3.83. The Morgan fingerprint density at radius 1 is 1.07 bits per heavy atom. The molecule has 2 aromatic rings. The molecule has 0 amide bonds. The lowest BCUT2D eigenvalue weighted by molar-refractivity contribution is 0.384. The van der Waals surface area contributed by atoms with Crippen molar-refractivity contribution in [1.29, 1.82) is 0 Å². The molecule has 0 unspecified atom stereocenters. The van der Waals surface area contributed by atoms with Gasteiger partial charge in [-0.3, -0.25) is 0 Å². The van der Waals surface area contributed by atoms with Gasteiger partial charge in [0.05, 0.1) is 24.5 Å². The predicted molar refractivity (Wildman–Crippen MR) is 93.7 cm³/mol. The highest BCUT2D eigenvalue weighted by atomic mass is 32.2. The van der Waals surface area contributed by atoms with E-state index in [0.29, 0.717) is 6.42 Å². The smallest absolute Gasteiger partial charge is 0.260 e. The Morgan fingerprint density at radius 3 is 2.30 bits per heavy atom. The van der Waals surface area contributed by atoms with Gasteiger partial charge in [-0.15, -0.1) is 0 Å². The lowest BCUT2D eigenvalue weighted by atomic mass is 10.3. The summed E-state index contributed by atoms with van der Waals surface area (Å²) in [4.78, 5) is 6.06. The number of rotatable bonds is 5. The first-order valence-corrected chi connectivity index (χ1v) is 11.0. The maximum atomic E-state index is 13.9. The number of methoxy groups -OCH3 is 1. The molecule has 1 saturated heterocycles. The molecule has 0 bridgehead atoms. The van der Waals surface area contributed by atoms with Crippen LogP contribution in [0.1, 0.15) is 6.42 Å². The number of hydrogen-bond donors (Lipinski definition) is 1. The number of imidazole rings is 1. The first kappa shape index (κ1) is 19.7. The molecule has 3 rings (SSSR count). The summed E-state index contributed by atoms with van der Waals surface area (Å²) in [5, 5.41) is -0.0453. The van der Waals surface area contributed by atoms with E-state index in [9.17, 15) is 21.2 Å². The molecule has 0 spiro atoms. The van der Waals surface area contributed by atoms with Crippen LogP contribution in [0, 0.1) is 5.82 Å². The quantitative estimate of drug-likeness (QED) is 0.763. The molecule has 1 N–H and O–H groups in total. The number of nitrogens with one attached hydrogen (secondary N) is 1. The second kappa shape index (κ2) is 7.54. The molecule has 1 fully saturated rings. The van der Waals surface area contributed by atoms with Crippen molar-refractivity contribution < 1.29 is 26.0 Å². The average Bonchev–Trinajstić information content (AvgIpc) is 3.06.